The van der Waals surface area contributed by atoms with Crippen LogP contribution < -0.4 is 0 Å². The van der Waals surface area contributed by atoms with Gasteiger partial charge in [-0.1, -0.05) is 35.3 Å². The molecule has 5 rings (SSSR count). The maximum absolute atomic E-state index is 12.4. The summed E-state index contributed by atoms with van der Waals surface area (Å²) >= 11 is 12.1. The lowest BCUT2D eigenvalue weighted by Crippen LogP contribution is -2.36. The molecule has 0 aliphatic carbocycles. The molecule has 1 atom stereocenters. The molecule has 6 nitrogen and oxygen atoms in total. The van der Waals surface area contributed by atoms with E-state index in [0.29, 0.717) is 43.7 Å². The standard InChI is InChI=1S/C26H15Cl2N3O3/c1-14-11-21(32)33-26(14)22-19(12-29)23(15-3-7-17(27)8-4-15)31(2)24(22)20(13-30)25(34-26)16-5-9-18(28)10-6-16/h3-11H,1-2H3. The first-order chi connectivity index (χ1) is 16.3. The van der Waals surface area contributed by atoms with E-state index in [1.807, 2.05) is 0 Å². The van der Waals surface area contributed by atoms with Crippen LogP contribution >= 0.6 is 23.2 Å². The Hall–Kier alpha value is -3.97. The van der Waals surface area contributed by atoms with Crippen molar-refractivity contribution in [1.29, 1.82) is 10.5 Å². The highest BCUT2D eigenvalue weighted by Crippen LogP contribution is 2.54. The summed E-state index contributed by atoms with van der Waals surface area (Å²) in [4.78, 5) is 12.4. The predicted octanol–water partition coefficient (Wildman–Crippen LogP) is 5.95. The molecule has 34 heavy (non-hydrogen) atoms. The van der Waals surface area contributed by atoms with E-state index in [2.05, 4.69) is 12.1 Å². The lowest BCUT2D eigenvalue weighted by atomic mass is 9.88. The number of ether oxygens (including phenoxy) is 2. The third-order valence-corrected chi connectivity index (χ3v) is 6.48. The monoisotopic (exact) mass is 487 g/mol. The van der Waals surface area contributed by atoms with Crippen LogP contribution in [0.15, 0.2) is 60.2 Å². The summed E-state index contributed by atoms with van der Waals surface area (Å²) in [6.07, 6.45) is 1.33. The summed E-state index contributed by atoms with van der Waals surface area (Å²) in [7, 11) is 1.76. The summed E-state index contributed by atoms with van der Waals surface area (Å²) in [5, 5.41) is 21.6. The first kappa shape index (κ1) is 21.9. The van der Waals surface area contributed by atoms with Crippen LogP contribution in [-0.2, 0) is 27.1 Å². The number of hydrogen-bond acceptors (Lipinski definition) is 5. The zero-order valence-corrected chi connectivity index (χ0v) is 19.5. The van der Waals surface area contributed by atoms with Gasteiger partial charge in [-0.05, 0) is 48.9 Å². The van der Waals surface area contributed by atoms with Gasteiger partial charge in [-0.25, -0.2) is 4.79 Å². The second kappa shape index (κ2) is 7.81. The molecule has 1 unspecified atom stereocenters. The van der Waals surface area contributed by atoms with Gasteiger partial charge in [0.1, 0.15) is 17.7 Å². The maximum atomic E-state index is 12.4. The van der Waals surface area contributed by atoms with E-state index in [4.69, 9.17) is 32.7 Å². The van der Waals surface area contributed by atoms with Gasteiger partial charge in [-0.3, -0.25) is 0 Å². The highest BCUT2D eigenvalue weighted by Gasteiger charge is 2.54. The molecule has 8 heteroatoms. The molecule has 0 saturated heterocycles. The molecule has 0 bridgehead atoms. The third kappa shape index (κ3) is 3.04. The number of hydrogen-bond donors (Lipinski definition) is 0. The Bertz CT molecular complexity index is 1520. The molecular weight excluding hydrogens is 473 g/mol. The van der Waals surface area contributed by atoms with Crippen molar-refractivity contribution in [3.8, 4) is 23.4 Å². The highest BCUT2D eigenvalue weighted by molar-refractivity contribution is 6.31. The average Bonchev–Trinajstić information content (AvgIpc) is 3.28. The Morgan fingerprint density at radius 3 is 1.97 bits per heavy atom. The Balaban J connectivity index is 1.91. The van der Waals surface area contributed by atoms with Gasteiger partial charge in [0.15, 0.2) is 5.76 Å². The van der Waals surface area contributed by atoms with Gasteiger partial charge in [-0.2, -0.15) is 10.5 Å². The SMILES string of the molecule is CC1=CC(=O)OC12OC(c1ccc(Cl)cc1)=C(C#N)c1c2c(C#N)c(-c2ccc(Cl)cc2)n1C. The van der Waals surface area contributed by atoms with Crippen LogP contribution in [0.1, 0.15) is 29.3 Å². The van der Waals surface area contributed by atoms with E-state index in [1.54, 1.807) is 67.1 Å². The average molecular weight is 488 g/mol. The van der Waals surface area contributed by atoms with E-state index in [0.717, 1.165) is 0 Å². The summed E-state index contributed by atoms with van der Waals surface area (Å²) in [5.41, 5.74) is 3.50. The Morgan fingerprint density at radius 1 is 0.882 bits per heavy atom. The summed E-state index contributed by atoms with van der Waals surface area (Å²) < 4.78 is 13.9. The number of aromatic nitrogens is 1. The second-order valence-electron chi connectivity index (χ2n) is 7.91. The topological polar surface area (TPSA) is 88.0 Å². The van der Waals surface area contributed by atoms with Crippen molar-refractivity contribution in [2.45, 2.75) is 12.7 Å². The molecule has 1 aromatic heterocycles. The van der Waals surface area contributed by atoms with Gasteiger partial charge < -0.3 is 14.0 Å². The molecule has 0 amide bonds. The molecule has 3 heterocycles. The van der Waals surface area contributed by atoms with Crippen molar-refractivity contribution in [3.63, 3.8) is 0 Å². The fourth-order valence-corrected chi connectivity index (χ4v) is 4.74. The molecule has 2 aliphatic rings. The van der Waals surface area contributed by atoms with Crippen LogP contribution in [0.2, 0.25) is 10.0 Å². The van der Waals surface area contributed by atoms with Gasteiger partial charge in [0.2, 0.25) is 0 Å². The van der Waals surface area contributed by atoms with Gasteiger partial charge in [0.05, 0.1) is 22.5 Å². The van der Waals surface area contributed by atoms with Crippen LogP contribution in [0.25, 0.3) is 22.6 Å². The first-order valence-electron chi connectivity index (χ1n) is 10.2. The van der Waals surface area contributed by atoms with Crippen molar-refractivity contribution >= 4 is 40.5 Å². The van der Waals surface area contributed by atoms with Crippen molar-refractivity contribution in [2.75, 3.05) is 0 Å². The van der Waals surface area contributed by atoms with Crippen molar-refractivity contribution in [3.05, 3.63) is 92.6 Å². The van der Waals surface area contributed by atoms with Crippen LogP contribution in [0.5, 0.6) is 0 Å². The van der Waals surface area contributed by atoms with Gasteiger partial charge in [0.25, 0.3) is 0 Å². The Kier molecular flexibility index (Phi) is 5.02. The first-order valence-corrected chi connectivity index (χ1v) is 11.0. The number of nitrogens with zero attached hydrogens (tertiary/aromatic N) is 3. The third-order valence-electron chi connectivity index (χ3n) is 5.98. The molecular formula is C26H15Cl2N3O3. The van der Waals surface area contributed by atoms with E-state index in [1.165, 1.54) is 6.08 Å². The molecule has 3 aromatic rings. The molecule has 0 fully saturated rings. The number of nitriles is 2. The van der Waals surface area contributed by atoms with Crippen LogP contribution in [0.4, 0.5) is 0 Å². The second-order valence-corrected chi connectivity index (χ2v) is 8.79. The number of carbonyl (C=O) groups excluding carboxylic acids is 1. The van der Waals surface area contributed by atoms with Crippen molar-refractivity contribution in [2.24, 2.45) is 7.05 Å². The van der Waals surface area contributed by atoms with E-state index < -0.39 is 11.8 Å². The normalized spacial score (nSPS) is 18.6. The summed E-state index contributed by atoms with van der Waals surface area (Å²) in [5.74, 6) is -2.06. The molecule has 2 aromatic carbocycles. The number of rotatable bonds is 2. The van der Waals surface area contributed by atoms with Crippen LogP contribution in [0, 0.1) is 22.7 Å². The molecule has 0 radical (unpaired) electrons. The maximum Gasteiger partial charge on any atom is 0.334 e. The number of allylic oxidation sites excluding steroid dienone is 1. The van der Waals surface area contributed by atoms with E-state index >= 15 is 0 Å². The lowest BCUT2D eigenvalue weighted by Gasteiger charge is -2.36. The number of halogens is 2. The molecule has 0 saturated carbocycles. The number of benzene rings is 2. The summed E-state index contributed by atoms with van der Waals surface area (Å²) in [6.45, 7) is 1.70. The smallest absolute Gasteiger partial charge is 0.334 e. The predicted molar refractivity (Wildman–Crippen MR) is 127 cm³/mol. The van der Waals surface area contributed by atoms with E-state index in [-0.39, 0.29) is 16.9 Å². The fourth-order valence-electron chi connectivity index (χ4n) is 4.49. The van der Waals surface area contributed by atoms with Gasteiger partial charge in [0, 0.05) is 34.3 Å². The fraction of sp³-hybridized carbons (Fsp3) is 0.115. The number of fused-ring (bicyclic) bond motifs is 2. The van der Waals surface area contributed by atoms with Crippen molar-refractivity contribution in [1.82, 2.24) is 4.57 Å². The molecule has 1 spiro atoms. The van der Waals surface area contributed by atoms with Crippen molar-refractivity contribution < 1.29 is 14.3 Å². The minimum atomic E-state index is -1.69. The minimum absolute atomic E-state index is 0.206. The zero-order valence-electron chi connectivity index (χ0n) is 18.0. The largest absolute Gasteiger partial charge is 0.442 e. The molecule has 0 N–H and O–H groups in total. The lowest BCUT2D eigenvalue weighted by molar-refractivity contribution is -0.184. The van der Waals surface area contributed by atoms with Gasteiger partial charge in [-0.15, -0.1) is 0 Å². The number of carbonyl (C=O) groups is 1. The highest BCUT2D eigenvalue weighted by atomic mass is 35.5. The minimum Gasteiger partial charge on any atom is -0.442 e. The molecule has 166 valence electrons. The van der Waals surface area contributed by atoms with Crippen LogP contribution in [0.3, 0.4) is 0 Å². The zero-order chi connectivity index (χ0) is 24.2. The molecule has 2 aliphatic heterocycles. The van der Waals surface area contributed by atoms with Crippen LogP contribution in [-0.4, -0.2) is 10.5 Å². The quantitative estimate of drug-likeness (QED) is 0.416. The Morgan fingerprint density at radius 2 is 1.47 bits per heavy atom. The number of esters is 1. The summed E-state index contributed by atoms with van der Waals surface area (Å²) in [6, 6.07) is 18.3. The van der Waals surface area contributed by atoms with E-state index in [9.17, 15) is 15.3 Å². The Labute approximate surface area is 205 Å². The van der Waals surface area contributed by atoms with Gasteiger partial charge >= 0.3 is 11.8 Å².